The van der Waals surface area contributed by atoms with E-state index in [4.69, 9.17) is 20.4 Å². The highest BCUT2D eigenvalue weighted by Gasteiger charge is 2.11. The van der Waals surface area contributed by atoms with E-state index in [-0.39, 0.29) is 0 Å². The monoisotopic (exact) mass is 280 g/mol. The molecule has 1 atom stereocenters. The first kappa shape index (κ1) is 16.0. The van der Waals surface area contributed by atoms with Gasteiger partial charge >= 0.3 is 5.97 Å². The number of hydroxylamine groups is 1. The van der Waals surface area contributed by atoms with Gasteiger partial charge in [0, 0.05) is 5.70 Å². The Labute approximate surface area is 118 Å². The highest BCUT2D eigenvalue weighted by molar-refractivity contribution is 5.73. The van der Waals surface area contributed by atoms with E-state index in [0.29, 0.717) is 25.4 Å². The number of nitrogens with one attached hydrogen (secondary N) is 1. The van der Waals surface area contributed by atoms with E-state index in [0.717, 1.165) is 11.3 Å². The summed E-state index contributed by atoms with van der Waals surface area (Å²) in [6, 6.07) is 6.26. The molecule has 0 aliphatic carbocycles. The number of nitrogens with two attached hydrogens (primary N) is 1. The van der Waals surface area contributed by atoms with E-state index in [1.54, 1.807) is 31.2 Å². The fourth-order valence-corrected chi connectivity index (χ4v) is 1.44. The zero-order valence-corrected chi connectivity index (χ0v) is 11.5. The Bertz CT molecular complexity index is 445. The topological polar surface area (TPSA) is 93.8 Å². The quantitative estimate of drug-likeness (QED) is 0.463. The lowest BCUT2D eigenvalue weighted by molar-refractivity contribution is -0.138. The van der Waals surface area contributed by atoms with Crippen molar-refractivity contribution in [3.05, 3.63) is 42.1 Å². The van der Waals surface area contributed by atoms with Crippen LogP contribution in [-0.2, 0) is 16.1 Å². The lowest BCUT2D eigenvalue weighted by Gasteiger charge is -2.09. The summed E-state index contributed by atoms with van der Waals surface area (Å²) in [5, 5.41) is 8.73. The molecule has 0 heterocycles. The van der Waals surface area contributed by atoms with Crippen LogP contribution in [0.25, 0.3) is 0 Å². The molecule has 0 aromatic heterocycles. The van der Waals surface area contributed by atoms with Gasteiger partial charge in [0.25, 0.3) is 0 Å². The molecule has 0 bridgehead atoms. The van der Waals surface area contributed by atoms with Crippen LogP contribution in [0.15, 0.2) is 36.5 Å². The van der Waals surface area contributed by atoms with E-state index < -0.39 is 12.0 Å². The fourth-order valence-electron chi connectivity index (χ4n) is 1.44. The van der Waals surface area contributed by atoms with Crippen LogP contribution >= 0.6 is 0 Å². The van der Waals surface area contributed by atoms with Crippen molar-refractivity contribution >= 4 is 5.97 Å². The van der Waals surface area contributed by atoms with Crippen molar-refractivity contribution in [1.82, 2.24) is 5.48 Å². The smallest absolute Gasteiger partial charge is 0.320 e. The zero-order valence-electron chi connectivity index (χ0n) is 11.5. The third-order valence-corrected chi connectivity index (χ3v) is 2.40. The molecular weight excluding hydrogens is 260 g/mol. The van der Waals surface area contributed by atoms with Crippen molar-refractivity contribution in [1.29, 1.82) is 0 Å². The predicted molar refractivity (Wildman–Crippen MR) is 75.2 cm³/mol. The summed E-state index contributed by atoms with van der Waals surface area (Å²) in [6.45, 7) is 6.21. The molecular formula is C14H20N2O4. The Morgan fingerprint density at radius 1 is 1.40 bits per heavy atom. The predicted octanol–water partition coefficient (Wildman–Crippen LogP) is 1.07. The second-order valence-electron chi connectivity index (χ2n) is 4.37. The molecule has 0 aliphatic heterocycles. The van der Waals surface area contributed by atoms with Gasteiger partial charge in [-0.25, -0.2) is 0 Å². The van der Waals surface area contributed by atoms with Gasteiger partial charge < -0.3 is 15.6 Å². The summed E-state index contributed by atoms with van der Waals surface area (Å²) >= 11 is 0. The van der Waals surface area contributed by atoms with Crippen molar-refractivity contribution < 1.29 is 19.5 Å². The number of hydrogen-bond donors (Lipinski definition) is 3. The lowest BCUT2D eigenvalue weighted by atomic mass is 10.1. The van der Waals surface area contributed by atoms with Gasteiger partial charge in [-0.3, -0.25) is 15.1 Å². The summed E-state index contributed by atoms with van der Waals surface area (Å²) in [5.74, 6) is -0.316. The molecule has 0 aliphatic rings. The van der Waals surface area contributed by atoms with Gasteiger partial charge in [-0.2, -0.15) is 0 Å². The standard InChI is InChI=1S/C14H20N2O4/c1-10(2)16-20-8-7-19-12-5-3-11(4-6-12)9-13(15)14(17)18/h3-6,13,16H,1,7-9,15H2,2H3,(H,17,18)/t13-/m0/s1. The summed E-state index contributed by atoms with van der Waals surface area (Å²) in [6.07, 6.45) is 0.293. The molecule has 1 aromatic carbocycles. The van der Waals surface area contributed by atoms with Crippen LogP contribution in [0, 0.1) is 0 Å². The average molecular weight is 280 g/mol. The van der Waals surface area contributed by atoms with E-state index in [1.165, 1.54) is 0 Å². The van der Waals surface area contributed by atoms with Crippen LogP contribution in [0.1, 0.15) is 12.5 Å². The number of aliphatic carboxylic acids is 1. The third kappa shape index (κ3) is 6.21. The van der Waals surface area contributed by atoms with E-state index in [9.17, 15) is 4.79 Å². The first-order valence-corrected chi connectivity index (χ1v) is 6.22. The Kier molecular flexibility index (Phi) is 6.55. The molecule has 20 heavy (non-hydrogen) atoms. The van der Waals surface area contributed by atoms with Crippen LogP contribution in [0.3, 0.4) is 0 Å². The van der Waals surface area contributed by atoms with Gasteiger partial charge in [0.1, 0.15) is 25.0 Å². The zero-order chi connectivity index (χ0) is 15.0. The van der Waals surface area contributed by atoms with Crippen LogP contribution < -0.4 is 16.0 Å². The van der Waals surface area contributed by atoms with Gasteiger partial charge in [-0.15, -0.1) is 0 Å². The molecule has 110 valence electrons. The maximum atomic E-state index is 10.6. The SMILES string of the molecule is C=C(C)NOCCOc1ccc(C[C@H](N)C(=O)O)cc1. The molecule has 0 saturated carbocycles. The molecule has 6 nitrogen and oxygen atoms in total. The Hall–Kier alpha value is -2.05. The molecule has 1 rings (SSSR count). The minimum Gasteiger partial charge on any atom is -0.491 e. The number of rotatable bonds is 9. The second-order valence-corrected chi connectivity index (χ2v) is 4.37. The van der Waals surface area contributed by atoms with E-state index >= 15 is 0 Å². The molecule has 4 N–H and O–H groups in total. The molecule has 0 fully saturated rings. The van der Waals surface area contributed by atoms with Gasteiger partial charge in [0.05, 0.1) is 0 Å². The molecule has 0 unspecified atom stereocenters. The summed E-state index contributed by atoms with van der Waals surface area (Å²) in [7, 11) is 0. The number of allylic oxidation sites excluding steroid dienone is 1. The fraction of sp³-hybridized carbons (Fsp3) is 0.357. The van der Waals surface area contributed by atoms with Crippen LogP contribution in [0.5, 0.6) is 5.75 Å². The number of hydrogen-bond acceptors (Lipinski definition) is 5. The van der Waals surface area contributed by atoms with Gasteiger partial charge in [-0.1, -0.05) is 18.7 Å². The maximum absolute atomic E-state index is 10.6. The van der Waals surface area contributed by atoms with Crippen LogP contribution in [-0.4, -0.2) is 30.3 Å². The molecule has 0 radical (unpaired) electrons. The summed E-state index contributed by atoms with van der Waals surface area (Å²) < 4.78 is 5.45. The van der Waals surface area contributed by atoms with Gasteiger partial charge in [0.15, 0.2) is 0 Å². The number of carboxylic acid groups (broad SMARTS) is 1. The first-order chi connectivity index (χ1) is 9.49. The molecule has 6 heteroatoms. The minimum atomic E-state index is -1.01. The molecule has 0 saturated heterocycles. The first-order valence-electron chi connectivity index (χ1n) is 6.22. The Balaban J connectivity index is 2.31. The Morgan fingerprint density at radius 2 is 2.05 bits per heavy atom. The lowest BCUT2D eigenvalue weighted by Crippen LogP contribution is -2.32. The number of benzene rings is 1. The van der Waals surface area contributed by atoms with Gasteiger partial charge in [-0.05, 0) is 31.0 Å². The average Bonchev–Trinajstić information content (AvgIpc) is 2.39. The maximum Gasteiger partial charge on any atom is 0.320 e. The molecule has 1 aromatic rings. The summed E-state index contributed by atoms with van der Waals surface area (Å²) in [4.78, 5) is 15.7. The summed E-state index contributed by atoms with van der Waals surface area (Å²) in [5.41, 5.74) is 9.67. The Morgan fingerprint density at radius 3 is 2.60 bits per heavy atom. The number of carbonyl (C=O) groups is 1. The highest BCUT2D eigenvalue weighted by Crippen LogP contribution is 2.13. The normalized spacial score (nSPS) is 11.7. The van der Waals surface area contributed by atoms with Crippen molar-refractivity contribution in [2.45, 2.75) is 19.4 Å². The minimum absolute atomic E-state index is 0.293. The van der Waals surface area contributed by atoms with Crippen LogP contribution in [0.2, 0.25) is 0 Å². The number of ether oxygens (including phenoxy) is 1. The highest BCUT2D eigenvalue weighted by atomic mass is 16.7. The van der Waals surface area contributed by atoms with Crippen molar-refractivity contribution in [3.8, 4) is 5.75 Å². The van der Waals surface area contributed by atoms with Gasteiger partial charge in [0.2, 0.25) is 0 Å². The van der Waals surface area contributed by atoms with Crippen molar-refractivity contribution in [2.75, 3.05) is 13.2 Å². The molecule has 0 amide bonds. The third-order valence-electron chi connectivity index (χ3n) is 2.40. The van der Waals surface area contributed by atoms with Crippen LogP contribution in [0.4, 0.5) is 0 Å². The van der Waals surface area contributed by atoms with Crippen molar-refractivity contribution in [2.24, 2.45) is 5.73 Å². The van der Waals surface area contributed by atoms with E-state index in [2.05, 4.69) is 12.1 Å². The molecule has 0 spiro atoms. The van der Waals surface area contributed by atoms with Crippen molar-refractivity contribution in [3.63, 3.8) is 0 Å². The second kappa shape index (κ2) is 8.19. The largest absolute Gasteiger partial charge is 0.491 e. The number of carboxylic acids is 1. The van der Waals surface area contributed by atoms with E-state index in [1.807, 2.05) is 0 Å².